The van der Waals surface area contributed by atoms with E-state index in [9.17, 15) is 5.11 Å². The second kappa shape index (κ2) is 8.57. The third-order valence-electron chi connectivity index (χ3n) is 11.3. The molecule has 0 heterocycles. The second-order valence-electron chi connectivity index (χ2n) is 12.9. The molecule has 1 heteroatoms. The fourth-order valence-electron chi connectivity index (χ4n) is 9.42. The Morgan fingerprint density at radius 1 is 0.867 bits per heavy atom. The fourth-order valence-corrected chi connectivity index (χ4v) is 9.42. The molecule has 0 aromatic rings. The Bertz CT molecular complexity index is 622. The van der Waals surface area contributed by atoms with Gasteiger partial charge in [-0.3, -0.25) is 0 Å². The molecule has 0 bridgehead atoms. The van der Waals surface area contributed by atoms with Crippen molar-refractivity contribution in [1.29, 1.82) is 0 Å². The highest BCUT2D eigenvalue weighted by Crippen LogP contribution is 2.68. The maximum Gasteiger partial charge on any atom is 0.0543 e. The van der Waals surface area contributed by atoms with Gasteiger partial charge in [0.1, 0.15) is 0 Å². The zero-order valence-electron chi connectivity index (χ0n) is 20.9. The molecule has 1 unspecified atom stereocenters. The van der Waals surface area contributed by atoms with Crippen molar-refractivity contribution in [2.24, 2.45) is 58.2 Å². The van der Waals surface area contributed by atoms with Crippen LogP contribution in [0.2, 0.25) is 0 Å². The van der Waals surface area contributed by atoms with E-state index in [0.29, 0.717) is 10.8 Å². The molecule has 172 valence electrons. The third kappa shape index (κ3) is 3.74. The Balaban J connectivity index is 1.49. The van der Waals surface area contributed by atoms with Crippen LogP contribution in [0.1, 0.15) is 106 Å². The molecule has 0 amide bonds. The van der Waals surface area contributed by atoms with Gasteiger partial charge in [-0.25, -0.2) is 0 Å². The Morgan fingerprint density at radius 3 is 2.27 bits per heavy atom. The summed E-state index contributed by atoms with van der Waals surface area (Å²) in [5.41, 5.74) is 1.07. The van der Waals surface area contributed by atoms with Crippen molar-refractivity contribution in [1.82, 2.24) is 0 Å². The first kappa shape index (κ1) is 22.9. The molecule has 30 heavy (non-hydrogen) atoms. The average molecular weight is 415 g/mol. The molecule has 0 aromatic carbocycles. The summed E-state index contributed by atoms with van der Waals surface area (Å²) in [6.07, 6.45) is 18.5. The molecule has 0 aromatic heterocycles. The molecule has 0 aliphatic heterocycles. The second-order valence-corrected chi connectivity index (χ2v) is 12.9. The fraction of sp³-hybridized carbons (Fsp3) is 0.931. The summed E-state index contributed by atoms with van der Waals surface area (Å²) in [7, 11) is 0. The van der Waals surface area contributed by atoms with Gasteiger partial charge in [0.2, 0.25) is 0 Å². The smallest absolute Gasteiger partial charge is 0.0543 e. The lowest BCUT2D eigenvalue weighted by Crippen LogP contribution is -2.54. The molecule has 0 radical (unpaired) electrons. The largest absolute Gasteiger partial charge is 0.393 e. The maximum absolute atomic E-state index is 10.3. The van der Waals surface area contributed by atoms with Crippen LogP contribution >= 0.6 is 0 Å². The summed E-state index contributed by atoms with van der Waals surface area (Å²) in [5.74, 6) is 6.72. The topological polar surface area (TPSA) is 20.2 Å². The van der Waals surface area contributed by atoms with Crippen LogP contribution in [-0.2, 0) is 0 Å². The zero-order chi connectivity index (χ0) is 21.7. The number of aliphatic hydroxyl groups excluding tert-OH is 1. The van der Waals surface area contributed by atoms with E-state index < -0.39 is 0 Å². The van der Waals surface area contributed by atoms with E-state index in [1.807, 2.05) is 0 Å². The summed E-state index contributed by atoms with van der Waals surface area (Å²) < 4.78 is 0. The van der Waals surface area contributed by atoms with E-state index in [1.54, 1.807) is 0 Å². The van der Waals surface area contributed by atoms with Crippen molar-refractivity contribution in [3.8, 4) is 0 Å². The minimum absolute atomic E-state index is 0.0187. The summed E-state index contributed by atoms with van der Waals surface area (Å²) >= 11 is 0. The average Bonchev–Trinajstić information content (AvgIpc) is 3.06. The first-order valence-corrected chi connectivity index (χ1v) is 13.6. The van der Waals surface area contributed by atoms with Crippen LogP contribution in [0.5, 0.6) is 0 Å². The van der Waals surface area contributed by atoms with Crippen molar-refractivity contribution in [2.75, 3.05) is 0 Å². The standard InChI is InChI=1S/C29H50O/c1-7-21(19(2)3)9-8-20(4)25-12-13-26-24-11-10-22-18-23(30)14-16-28(22,5)27(24)15-17-29(25,26)6/h8-9,19-27,30H,7,10-18H2,1-6H3/b9-8+/t20-,21?,22-,23+,24+,25-,26+,27+,28+,29-/m1/s1. The van der Waals surface area contributed by atoms with Crippen LogP contribution in [0.15, 0.2) is 12.2 Å². The molecular formula is C29H50O. The summed E-state index contributed by atoms with van der Waals surface area (Å²) in [5, 5.41) is 10.3. The van der Waals surface area contributed by atoms with Crippen LogP contribution in [0.25, 0.3) is 0 Å². The number of fused-ring (bicyclic) bond motifs is 5. The van der Waals surface area contributed by atoms with Gasteiger partial charge in [-0.1, -0.05) is 53.7 Å². The lowest BCUT2D eigenvalue weighted by molar-refractivity contribution is -0.128. The van der Waals surface area contributed by atoms with Gasteiger partial charge in [-0.15, -0.1) is 0 Å². The van der Waals surface area contributed by atoms with Crippen molar-refractivity contribution in [3.05, 3.63) is 12.2 Å². The summed E-state index contributed by atoms with van der Waals surface area (Å²) in [6, 6.07) is 0. The quantitative estimate of drug-likeness (QED) is 0.454. The van der Waals surface area contributed by atoms with E-state index in [1.165, 1.54) is 51.4 Å². The van der Waals surface area contributed by atoms with Crippen molar-refractivity contribution in [2.45, 2.75) is 112 Å². The van der Waals surface area contributed by atoms with Gasteiger partial charge in [0.05, 0.1) is 6.10 Å². The van der Waals surface area contributed by atoms with Gasteiger partial charge in [0.25, 0.3) is 0 Å². The number of rotatable bonds is 5. The van der Waals surface area contributed by atoms with Crippen LogP contribution in [0.4, 0.5) is 0 Å². The van der Waals surface area contributed by atoms with Crippen LogP contribution in [0, 0.1) is 58.2 Å². The number of hydrogen-bond acceptors (Lipinski definition) is 1. The molecule has 0 spiro atoms. The number of allylic oxidation sites excluding steroid dienone is 2. The van der Waals surface area contributed by atoms with E-state index in [-0.39, 0.29) is 6.10 Å². The third-order valence-corrected chi connectivity index (χ3v) is 11.3. The number of hydrogen-bond donors (Lipinski definition) is 1. The highest BCUT2D eigenvalue weighted by atomic mass is 16.3. The van der Waals surface area contributed by atoms with Crippen molar-refractivity contribution < 1.29 is 5.11 Å². The molecule has 4 aliphatic carbocycles. The van der Waals surface area contributed by atoms with Gasteiger partial charge in [-0.2, -0.15) is 0 Å². The molecule has 4 fully saturated rings. The maximum atomic E-state index is 10.3. The first-order chi connectivity index (χ1) is 14.2. The molecule has 0 saturated heterocycles. The lowest BCUT2D eigenvalue weighted by Gasteiger charge is -2.61. The predicted octanol–water partition coefficient (Wildman–Crippen LogP) is 7.88. The molecule has 1 nitrogen and oxygen atoms in total. The summed E-state index contributed by atoms with van der Waals surface area (Å²) in [4.78, 5) is 0. The molecule has 10 atom stereocenters. The number of aliphatic hydroxyl groups is 1. The van der Waals surface area contributed by atoms with E-state index >= 15 is 0 Å². The van der Waals surface area contributed by atoms with E-state index in [0.717, 1.165) is 60.2 Å². The predicted molar refractivity (Wildman–Crippen MR) is 128 cm³/mol. The molecule has 1 N–H and O–H groups in total. The van der Waals surface area contributed by atoms with Crippen LogP contribution in [-0.4, -0.2) is 11.2 Å². The minimum Gasteiger partial charge on any atom is -0.393 e. The highest BCUT2D eigenvalue weighted by molar-refractivity contribution is 5.11. The van der Waals surface area contributed by atoms with Gasteiger partial charge in [-0.05, 0) is 122 Å². The van der Waals surface area contributed by atoms with Gasteiger partial charge in [0.15, 0.2) is 0 Å². The Kier molecular flexibility index (Phi) is 6.53. The van der Waals surface area contributed by atoms with Crippen molar-refractivity contribution in [3.63, 3.8) is 0 Å². The molecule has 4 aliphatic rings. The zero-order valence-corrected chi connectivity index (χ0v) is 20.9. The van der Waals surface area contributed by atoms with Crippen LogP contribution in [0.3, 0.4) is 0 Å². The molecule has 4 saturated carbocycles. The summed E-state index contributed by atoms with van der Waals surface area (Å²) in [6.45, 7) is 14.9. The van der Waals surface area contributed by atoms with Gasteiger partial charge < -0.3 is 5.11 Å². The van der Waals surface area contributed by atoms with Crippen molar-refractivity contribution >= 4 is 0 Å². The highest BCUT2D eigenvalue weighted by Gasteiger charge is 2.60. The minimum atomic E-state index is -0.0187. The molecular weight excluding hydrogens is 364 g/mol. The Hall–Kier alpha value is -0.300. The van der Waals surface area contributed by atoms with E-state index in [2.05, 4.69) is 53.7 Å². The van der Waals surface area contributed by atoms with Gasteiger partial charge in [0, 0.05) is 0 Å². The Labute approximate surface area is 187 Å². The lowest BCUT2D eigenvalue weighted by atomic mass is 9.44. The molecule has 4 rings (SSSR count). The first-order valence-electron chi connectivity index (χ1n) is 13.6. The van der Waals surface area contributed by atoms with E-state index in [4.69, 9.17) is 0 Å². The normalized spacial score (nSPS) is 48.3. The monoisotopic (exact) mass is 414 g/mol. The SMILES string of the molecule is CCC(/C=C/[C@@H](C)[C@H]1CC[C@H]2[C@@H]3CC[C@@H]4C[C@@H](O)CC[C@]4(C)[C@H]3CC[C@]12C)C(C)C. The van der Waals surface area contributed by atoms with Gasteiger partial charge >= 0.3 is 0 Å². The van der Waals surface area contributed by atoms with Crippen LogP contribution < -0.4 is 0 Å². The Morgan fingerprint density at radius 2 is 1.57 bits per heavy atom.